The fourth-order valence-corrected chi connectivity index (χ4v) is 4.93. The van der Waals surface area contributed by atoms with Crippen LogP contribution < -0.4 is 10.2 Å². The second kappa shape index (κ2) is 9.02. The number of hydrogen-bond acceptors (Lipinski definition) is 5. The van der Waals surface area contributed by atoms with Crippen LogP contribution in [0.2, 0.25) is 0 Å². The molecule has 8 nitrogen and oxygen atoms in total. The van der Waals surface area contributed by atoms with Crippen LogP contribution in [0.4, 0.5) is 5.69 Å². The molecule has 0 bridgehead atoms. The van der Waals surface area contributed by atoms with E-state index in [4.69, 9.17) is 0 Å². The van der Waals surface area contributed by atoms with E-state index in [0.717, 1.165) is 0 Å². The van der Waals surface area contributed by atoms with Crippen LogP contribution in [0.3, 0.4) is 0 Å². The van der Waals surface area contributed by atoms with Crippen LogP contribution >= 0.6 is 0 Å². The van der Waals surface area contributed by atoms with Gasteiger partial charge in [-0.05, 0) is 37.9 Å². The Morgan fingerprint density at radius 3 is 2.39 bits per heavy atom. The minimum absolute atomic E-state index is 0.187. The van der Waals surface area contributed by atoms with Crippen molar-refractivity contribution in [2.75, 3.05) is 45.2 Å². The summed E-state index contributed by atoms with van der Waals surface area (Å²) in [6, 6.07) is 4.06. The first-order chi connectivity index (χ1) is 13.1. The molecule has 0 aromatic heterocycles. The minimum Gasteiger partial charge on any atom is -0.353 e. The van der Waals surface area contributed by atoms with Gasteiger partial charge in [0.05, 0.1) is 4.90 Å². The van der Waals surface area contributed by atoms with Gasteiger partial charge in [-0.1, -0.05) is 13.8 Å². The third kappa shape index (κ3) is 4.53. The maximum atomic E-state index is 12.8. The quantitative estimate of drug-likeness (QED) is 0.680. The third-order valence-corrected chi connectivity index (χ3v) is 6.92. The van der Waals surface area contributed by atoms with E-state index in [2.05, 4.69) is 5.32 Å². The summed E-state index contributed by atoms with van der Waals surface area (Å²) in [5, 5.41) is 2.86. The molecule has 0 radical (unpaired) electrons. The highest BCUT2D eigenvalue weighted by Crippen LogP contribution is 2.34. The van der Waals surface area contributed by atoms with Crippen molar-refractivity contribution in [1.29, 1.82) is 0 Å². The first-order valence-corrected chi connectivity index (χ1v) is 10.9. The summed E-state index contributed by atoms with van der Waals surface area (Å²) in [6.07, 6.45) is 0.296. The minimum atomic E-state index is -3.60. The smallest absolute Gasteiger partial charge is 0.243 e. The number of carbonyl (C=O) groups is 2. The van der Waals surface area contributed by atoms with Gasteiger partial charge in [0.15, 0.2) is 0 Å². The molecule has 1 aromatic carbocycles. The van der Waals surface area contributed by atoms with Gasteiger partial charge in [0.25, 0.3) is 0 Å². The number of nitrogens with zero attached hydrogens (tertiary/aromatic N) is 3. The van der Waals surface area contributed by atoms with Crippen LogP contribution in [-0.4, -0.2) is 75.8 Å². The fraction of sp³-hybridized carbons (Fsp3) is 0.579. The topological polar surface area (TPSA) is 90.0 Å². The van der Waals surface area contributed by atoms with Crippen molar-refractivity contribution in [3.63, 3.8) is 0 Å². The Bertz CT molecular complexity index is 834. The van der Waals surface area contributed by atoms with Gasteiger partial charge in [0.2, 0.25) is 21.8 Å². The van der Waals surface area contributed by atoms with Gasteiger partial charge in [-0.15, -0.1) is 0 Å². The number of fused-ring (bicyclic) bond motifs is 1. The van der Waals surface area contributed by atoms with E-state index >= 15 is 0 Å². The van der Waals surface area contributed by atoms with Crippen molar-refractivity contribution in [2.24, 2.45) is 0 Å². The van der Waals surface area contributed by atoms with Gasteiger partial charge in [-0.3, -0.25) is 14.5 Å². The lowest BCUT2D eigenvalue weighted by Crippen LogP contribution is -2.48. The second-order valence-electron chi connectivity index (χ2n) is 7.08. The molecule has 1 heterocycles. The molecule has 0 saturated heterocycles. The Balaban J connectivity index is 2.31. The molecule has 2 amide bonds. The predicted octanol–water partition coefficient (Wildman–Crippen LogP) is 0.673. The zero-order valence-electron chi connectivity index (χ0n) is 17.2. The molecular formula is C19H30N4O4S. The van der Waals surface area contributed by atoms with Crippen molar-refractivity contribution < 1.29 is 18.0 Å². The molecule has 9 heteroatoms. The van der Waals surface area contributed by atoms with E-state index in [0.29, 0.717) is 43.9 Å². The van der Waals surface area contributed by atoms with Crippen LogP contribution in [0.5, 0.6) is 0 Å². The molecule has 156 valence electrons. The maximum Gasteiger partial charge on any atom is 0.243 e. The molecule has 0 unspecified atom stereocenters. The molecule has 28 heavy (non-hydrogen) atoms. The second-order valence-corrected chi connectivity index (χ2v) is 9.02. The number of amides is 2. The third-order valence-electron chi connectivity index (χ3n) is 4.88. The van der Waals surface area contributed by atoms with Crippen LogP contribution in [0.15, 0.2) is 23.1 Å². The van der Waals surface area contributed by atoms with Crippen molar-refractivity contribution in [2.45, 2.75) is 38.1 Å². The van der Waals surface area contributed by atoms with E-state index in [1.807, 2.05) is 19.0 Å². The van der Waals surface area contributed by atoms with Gasteiger partial charge in [0, 0.05) is 45.2 Å². The normalized spacial score (nSPS) is 16.5. The van der Waals surface area contributed by atoms with E-state index < -0.39 is 16.1 Å². The Labute approximate surface area is 167 Å². The monoisotopic (exact) mass is 410 g/mol. The standard InChI is InChI=1S/C19H30N4O4S/c1-6-22(7-2)28(26,27)16-8-9-17-15(12-16)13-18(23(17)14(3)24)19(25)20-10-11-21(4)5/h8-9,12,18H,6-7,10-11,13H2,1-5H3,(H,20,25)/t18-/m0/s1. The van der Waals surface area contributed by atoms with E-state index in [1.54, 1.807) is 26.0 Å². The SMILES string of the molecule is CCN(CC)S(=O)(=O)c1ccc2c(c1)C[C@@H](C(=O)NCCN(C)C)N2C(C)=O. The van der Waals surface area contributed by atoms with E-state index in [-0.39, 0.29) is 16.7 Å². The van der Waals surface area contributed by atoms with E-state index in [1.165, 1.54) is 22.2 Å². The average Bonchev–Trinajstić information content (AvgIpc) is 3.01. The van der Waals surface area contributed by atoms with Gasteiger partial charge < -0.3 is 10.2 Å². The number of rotatable bonds is 8. The molecule has 1 aliphatic heterocycles. The number of nitrogens with one attached hydrogen (secondary N) is 1. The van der Waals surface area contributed by atoms with Crippen LogP contribution in [0, 0.1) is 0 Å². The molecule has 0 spiro atoms. The maximum absolute atomic E-state index is 12.8. The summed E-state index contributed by atoms with van der Waals surface area (Å²) in [6.45, 7) is 6.93. The summed E-state index contributed by atoms with van der Waals surface area (Å²) >= 11 is 0. The summed E-state index contributed by atoms with van der Waals surface area (Å²) in [5.74, 6) is -0.479. The van der Waals surface area contributed by atoms with Crippen molar-refractivity contribution in [3.05, 3.63) is 23.8 Å². The fourth-order valence-electron chi connectivity index (χ4n) is 3.42. The average molecular weight is 411 g/mol. The van der Waals surface area contributed by atoms with Crippen molar-refractivity contribution in [1.82, 2.24) is 14.5 Å². The molecule has 0 aliphatic carbocycles. The number of sulfonamides is 1. The van der Waals surface area contributed by atoms with Crippen molar-refractivity contribution in [3.8, 4) is 0 Å². The van der Waals surface area contributed by atoms with Crippen LogP contribution in [-0.2, 0) is 26.0 Å². The van der Waals surface area contributed by atoms with Crippen LogP contribution in [0.1, 0.15) is 26.3 Å². The Hall–Kier alpha value is -1.97. The molecular weight excluding hydrogens is 380 g/mol. The predicted molar refractivity (Wildman–Crippen MR) is 109 cm³/mol. The highest BCUT2D eigenvalue weighted by Gasteiger charge is 2.37. The first-order valence-electron chi connectivity index (χ1n) is 9.48. The molecule has 1 aliphatic rings. The summed E-state index contributed by atoms with van der Waals surface area (Å²) < 4.78 is 27.0. The largest absolute Gasteiger partial charge is 0.353 e. The van der Waals surface area contributed by atoms with Gasteiger partial charge >= 0.3 is 0 Å². The Morgan fingerprint density at radius 2 is 1.86 bits per heavy atom. The molecule has 1 atom stereocenters. The number of benzene rings is 1. The molecule has 1 N–H and O–H groups in total. The zero-order valence-corrected chi connectivity index (χ0v) is 18.0. The van der Waals surface area contributed by atoms with Crippen molar-refractivity contribution >= 4 is 27.5 Å². The summed E-state index contributed by atoms with van der Waals surface area (Å²) in [4.78, 5) is 28.4. The number of likely N-dealkylation sites (N-methyl/N-ethyl adjacent to an activating group) is 1. The summed E-state index contributed by atoms with van der Waals surface area (Å²) in [7, 11) is 0.230. The number of hydrogen-bond donors (Lipinski definition) is 1. The van der Waals surface area contributed by atoms with Gasteiger partial charge in [-0.2, -0.15) is 4.31 Å². The van der Waals surface area contributed by atoms with Gasteiger partial charge in [-0.25, -0.2) is 8.42 Å². The number of carbonyl (C=O) groups excluding carboxylic acids is 2. The molecule has 0 saturated carbocycles. The highest BCUT2D eigenvalue weighted by molar-refractivity contribution is 7.89. The van der Waals surface area contributed by atoms with Gasteiger partial charge in [0.1, 0.15) is 6.04 Å². The lowest BCUT2D eigenvalue weighted by Gasteiger charge is -2.24. The van der Waals surface area contributed by atoms with Crippen LogP contribution in [0.25, 0.3) is 0 Å². The first kappa shape index (κ1) is 22.3. The summed E-state index contributed by atoms with van der Waals surface area (Å²) in [5.41, 5.74) is 1.29. The Kier molecular flexibility index (Phi) is 7.19. The lowest BCUT2D eigenvalue weighted by molar-refractivity contribution is -0.125. The highest BCUT2D eigenvalue weighted by atomic mass is 32.2. The number of anilines is 1. The van der Waals surface area contributed by atoms with E-state index in [9.17, 15) is 18.0 Å². The lowest BCUT2D eigenvalue weighted by atomic mass is 10.1. The zero-order chi connectivity index (χ0) is 21.1. The Morgan fingerprint density at radius 1 is 1.21 bits per heavy atom. The molecule has 1 aromatic rings. The molecule has 0 fully saturated rings. The molecule has 2 rings (SSSR count).